The summed E-state index contributed by atoms with van der Waals surface area (Å²) in [6.07, 6.45) is 0.943. The Balaban J connectivity index is 1.82. The van der Waals surface area contributed by atoms with Crippen molar-refractivity contribution in [1.82, 2.24) is 5.32 Å². The van der Waals surface area contributed by atoms with Crippen LogP contribution in [0.3, 0.4) is 0 Å². The number of amides is 1. The number of aliphatic carboxylic acids is 1. The summed E-state index contributed by atoms with van der Waals surface area (Å²) in [5.74, 6) is 1.20. The molecule has 1 amide bonds. The summed E-state index contributed by atoms with van der Waals surface area (Å²) in [6, 6.07) is 9.27. The van der Waals surface area contributed by atoms with Crippen LogP contribution in [0.4, 0.5) is 0 Å². The minimum atomic E-state index is -1.10. The molecule has 0 radical (unpaired) electrons. The molecule has 23 heavy (non-hydrogen) atoms. The van der Waals surface area contributed by atoms with E-state index in [4.69, 9.17) is 5.26 Å². The van der Waals surface area contributed by atoms with E-state index < -0.39 is 11.5 Å². The highest BCUT2D eigenvalue weighted by atomic mass is 32.2. The van der Waals surface area contributed by atoms with Crippen molar-refractivity contribution >= 4 is 35.4 Å². The summed E-state index contributed by atoms with van der Waals surface area (Å²) >= 11 is 3.15. The van der Waals surface area contributed by atoms with Gasteiger partial charge in [-0.2, -0.15) is 17.0 Å². The van der Waals surface area contributed by atoms with E-state index in [1.54, 1.807) is 23.9 Å². The Labute approximate surface area is 143 Å². The topological polar surface area (TPSA) is 90.2 Å². The van der Waals surface area contributed by atoms with Crippen molar-refractivity contribution in [2.75, 3.05) is 17.3 Å². The van der Waals surface area contributed by atoms with Crippen molar-refractivity contribution < 1.29 is 14.7 Å². The lowest BCUT2D eigenvalue weighted by molar-refractivity contribution is -0.147. The van der Waals surface area contributed by atoms with E-state index >= 15 is 0 Å². The molecule has 122 valence electrons. The molecule has 0 atom stereocenters. The second kappa shape index (κ2) is 8.27. The average molecular weight is 350 g/mol. The van der Waals surface area contributed by atoms with E-state index in [0.717, 1.165) is 17.1 Å². The van der Waals surface area contributed by atoms with Crippen LogP contribution in [-0.2, 0) is 15.3 Å². The third-order valence-corrected chi connectivity index (χ3v) is 5.71. The molecule has 1 aliphatic heterocycles. The second-order valence-corrected chi connectivity index (χ2v) is 7.56. The summed E-state index contributed by atoms with van der Waals surface area (Å²) < 4.78 is 0. The van der Waals surface area contributed by atoms with Gasteiger partial charge in [0.15, 0.2) is 0 Å². The maximum Gasteiger partial charge on any atom is 0.329 e. The maximum absolute atomic E-state index is 12.1. The number of nitriles is 1. The summed E-state index contributed by atoms with van der Waals surface area (Å²) in [7, 11) is 0. The van der Waals surface area contributed by atoms with Crippen LogP contribution in [0.2, 0.25) is 0 Å². The van der Waals surface area contributed by atoms with Crippen LogP contribution in [0, 0.1) is 11.3 Å². The Morgan fingerprint density at radius 3 is 2.52 bits per heavy atom. The van der Waals surface area contributed by atoms with Crippen molar-refractivity contribution in [2.24, 2.45) is 0 Å². The van der Waals surface area contributed by atoms with Crippen molar-refractivity contribution in [2.45, 2.75) is 24.1 Å². The minimum Gasteiger partial charge on any atom is -0.480 e. The molecule has 7 heteroatoms. The summed E-state index contributed by atoms with van der Waals surface area (Å²) in [5.41, 5.74) is 0.538. The zero-order chi connectivity index (χ0) is 16.7. The number of hydrogen-bond donors (Lipinski definition) is 2. The van der Waals surface area contributed by atoms with Gasteiger partial charge in [-0.25, -0.2) is 4.79 Å². The first-order chi connectivity index (χ1) is 11.1. The molecule has 5 nitrogen and oxygen atoms in total. The molecule has 0 unspecified atom stereocenters. The molecule has 2 N–H and O–H groups in total. The van der Waals surface area contributed by atoms with Crippen molar-refractivity contribution in [1.29, 1.82) is 5.26 Å². The van der Waals surface area contributed by atoms with Crippen LogP contribution >= 0.6 is 23.5 Å². The van der Waals surface area contributed by atoms with Crippen LogP contribution in [0.1, 0.15) is 24.0 Å². The largest absolute Gasteiger partial charge is 0.480 e. The Morgan fingerprint density at radius 1 is 1.30 bits per heavy atom. The predicted molar refractivity (Wildman–Crippen MR) is 92.4 cm³/mol. The van der Waals surface area contributed by atoms with Gasteiger partial charge < -0.3 is 10.4 Å². The number of carboxylic acids is 1. The van der Waals surface area contributed by atoms with Crippen LogP contribution in [0.15, 0.2) is 24.3 Å². The zero-order valence-electron chi connectivity index (χ0n) is 12.6. The molecular formula is C16H18N2O3S2. The Hall–Kier alpha value is -1.65. The van der Waals surface area contributed by atoms with Gasteiger partial charge in [-0.1, -0.05) is 12.1 Å². The van der Waals surface area contributed by atoms with Crippen LogP contribution < -0.4 is 5.32 Å². The molecule has 0 saturated carbocycles. The van der Waals surface area contributed by atoms with E-state index in [9.17, 15) is 14.7 Å². The highest BCUT2D eigenvalue weighted by Crippen LogP contribution is 2.27. The highest BCUT2D eigenvalue weighted by Gasteiger charge is 2.41. The number of carboxylic acid groups (broad SMARTS) is 1. The SMILES string of the molecule is N#Cc1ccc(CSCC(=O)NC2(C(=O)O)CCSCC2)cc1. The molecule has 1 fully saturated rings. The highest BCUT2D eigenvalue weighted by molar-refractivity contribution is 7.99. The Bertz CT molecular complexity index is 605. The summed E-state index contributed by atoms with van der Waals surface area (Å²) in [6.45, 7) is 0. The minimum absolute atomic E-state index is 0.224. The molecule has 1 heterocycles. The molecule has 1 aromatic carbocycles. The molecule has 1 saturated heterocycles. The standard InChI is InChI=1S/C16H18N2O3S2/c17-9-12-1-3-13(4-2-12)10-23-11-14(19)18-16(15(20)21)5-7-22-8-6-16/h1-4H,5-8,10-11H2,(H,18,19)(H,20,21). The van der Waals surface area contributed by atoms with Crippen LogP contribution in [0.25, 0.3) is 0 Å². The first-order valence-electron chi connectivity index (χ1n) is 7.25. The first kappa shape index (κ1) is 17.7. The molecule has 0 bridgehead atoms. The number of hydrogen-bond acceptors (Lipinski definition) is 5. The molecule has 0 aromatic heterocycles. The monoisotopic (exact) mass is 350 g/mol. The first-order valence-corrected chi connectivity index (χ1v) is 9.56. The fraction of sp³-hybridized carbons (Fsp3) is 0.438. The van der Waals surface area contributed by atoms with Crippen LogP contribution in [-0.4, -0.2) is 39.8 Å². The molecule has 2 rings (SSSR count). The van der Waals surface area contributed by atoms with Gasteiger partial charge in [-0.05, 0) is 42.0 Å². The normalized spacial score (nSPS) is 16.3. The smallest absolute Gasteiger partial charge is 0.329 e. The van der Waals surface area contributed by atoms with Gasteiger partial charge in [0.05, 0.1) is 17.4 Å². The van der Waals surface area contributed by atoms with E-state index in [2.05, 4.69) is 11.4 Å². The zero-order valence-corrected chi connectivity index (χ0v) is 14.2. The number of thioether (sulfide) groups is 2. The van der Waals surface area contributed by atoms with Crippen molar-refractivity contribution in [3.8, 4) is 6.07 Å². The fourth-order valence-corrected chi connectivity index (χ4v) is 4.33. The van der Waals surface area contributed by atoms with Gasteiger partial charge in [-0.15, -0.1) is 11.8 Å². The lowest BCUT2D eigenvalue weighted by Crippen LogP contribution is -2.57. The number of benzene rings is 1. The molecule has 1 aliphatic rings. The van der Waals surface area contributed by atoms with Gasteiger partial charge in [0.2, 0.25) is 5.91 Å². The van der Waals surface area contributed by atoms with E-state index in [1.807, 2.05) is 12.1 Å². The van der Waals surface area contributed by atoms with E-state index in [-0.39, 0.29) is 11.7 Å². The quantitative estimate of drug-likeness (QED) is 0.818. The predicted octanol–water partition coefficient (Wildman–Crippen LogP) is 2.26. The number of carbonyl (C=O) groups is 2. The Morgan fingerprint density at radius 2 is 1.96 bits per heavy atom. The molecule has 0 aliphatic carbocycles. The third kappa shape index (κ3) is 4.91. The fourth-order valence-electron chi connectivity index (χ4n) is 2.35. The lowest BCUT2D eigenvalue weighted by Gasteiger charge is -2.33. The van der Waals surface area contributed by atoms with Crippen molar-refractivity contribution in [3.63, 3.8) is 0 Å². The second-order valence-electron chi connectivity index (χ2n) is 5.35. The van der Waals surface area contributed by atoms with Crippen LogP contribution in [0.5, 0.6) is 0 Å². The average Bonchev–Trinajstić information content (AvgIpc) is 2.56. The van der Waals surface area contributed by atoms with Gasteiger partial charge in [0, 0.05) is 5.75 Å². The Kier molecular flexibility index (Phi) is 6.37. The van der Waals surface area contributed by atoms with Gasteiger partial charge >= 0.3 is 5.97 Å². The molecule has 1 aromatic rings. The summed E-state index contributed by atoms with van der Waals surface area (Å²) in [4.78, 5) is 23.6. The summed E-state index contributed by atoms with van der Waals surface area (Å²) in [5, 5.41) is 20.9. The molecular weight excluding hydrogens is 332 g/mol. The maximum atomic E-state index is 12.1. The van der Waals surface area contributed by atoms with Gasteiger partial charge in [0.25, 0.3) is 0 Å². The van der Waals surface area contributed by atoms with Crippen molar-refractivity contribution in [3.05, 3.63) is 35.4 Å². The van der Waals surface area contributed by atoms with Gasteiger partial charge in [-0.3, -0.25) is 4.79 Å². The number of nitrogens with one attached hydrogen (secondary N) is 1. The number of rotatable bonds is 6. The van der Waals surface area contributed by atoms with E-state index in [0.29, 0.717) is 24.2 Å². The number of carbonyl (C=O) groups excluding carboxylic acids is 1. The molecule has 0 spiro atoms. The lowest BCUT2D eigenvalue weighted by atomic mass is 9.92. The number of nitrogens with zero attached hydrogens (tertiary/aromatic N) is 1. The van der Waals surface area contributed by atoms with E-state index in [1.165, 1.54) is 11.8 Å². The van der Waals surface area contributed by atoms with Gasteiger partial charge in [0.1, 0.15) is 5.54 Å². The third-order valence-electron chi connectivity index (χ3n) is 3.72.